The van der Waals surface area contributed by atoms with E-state index in [-0.39, 0.29) is 41.9 Å². The Bertz CT molecular complexity index is 618. The van der Waals surface area contributed by atoms with E-state index < -0.39 is 5.60 Å². The number of rotatable bonds is 1. The number of fused-ring (bicyclic) bond motifs is 2. The van der Waals surface area contributed by atoms with E-state index in [1.807, 2.05) is 6.92 Å². The lowest BCUT2D eigenvalue weighted by molar-refractivity contribution is -0.165. The maximum absolute atomic E-state index is 13.2. The summed E-state index contributed by atoms with van der Waals surface area (Å²) >= 11 is 0. The first-order valence-corrected chi connectivity index (χ1v) is 10.7. The van der Waals surface area contributed by atoms with Gasteiger partial charge in [0.05, 0.1) is 18.8 Å². The Hall–Kier alpha value is -0.940. The number of hydrogen-bond donors (Lipinski definition) is 0. The lowest BCUT2D eigenvalue weighted by atomic mass is 9.59. The molecule has 4 rings (SSSR count). The lowest BCUT2D eigenvalue weighted by Crippen LogP contribution is -2.54. The summed E-state index contributed by atoms with van der Waals surface area (Å²) in [6, 6.07) is 0. The van der Waals surface area contributed by atoms with Crippen LogP contribution in [0.1, 0.15) is 60.3 Å². The Kier molecular flexibility index (Phi) is 4.91. The van der Waals surface area contributed by atoms with Crippen molar-refractivity contribution in [1.82, 2.24) is 0 Å². The van der Waals surface area contributed by atoms with Crippen molar-refractivity contribution in [3.05, 3.63) is 0 Å². The van der Waals surface area contributed by atoms with Crippen molar-refractivity contribution in [2.75, 3.05) is 6.61 Å². The van der Waals surface area contributed by atoms with Crippen LogP contribution < -0.4 is 0 Å². The summed E-state index contributed by atoms with van der Waals surface area (Å²) in [5, 5.41) is 0. The Morgan fingerprint density at radius 2 is 1.89 bits per heavy atom. The topological polar surface area (TPSA) is 61.8 Å². The van der Waals surface area contributed by atoms with Gasteiger partial charge in [0, 0.05) is 25.2 Å². The minimum Gasteiger partial charge on any atom is -0.462 e. The van der Waals surface area contributed by atoms with Gasteiger partial charge in [-0.1, -0.05) is 20.8 Å². The zero-order valence-corrected chi connectivity index (χ0v) is 17.3. The van der Waals surface area contributed by atoms with Gasteiger partial charge >= 0.3 is 5.97 Å². The van der Waals surface area contributed by atoms with Gasteiger partial charge in [-0.3, -0.25) is 9.59 Å². The molecule has 2 bridgehead atoms. The van der Waals surface area contributed by atoms with E-state index in [4.69, 9.17) is 14.2 Å². The van der Waals surface area contributed by atoms with Crippen LogP contribution >= 0.6 is 0 Å². The number of ketones is 1. The van der Waals surface area contributed by atoms with Crippen molar-refractivity contribution >= 4 is 11.8 Å². The standard InChI is InChI=1S/C22H34O5/c1-11-6-7-17(24)22(5)21-18-15(13(3)10-25-22)9-12(2)20(26-14(4)23)19(18)16(8-11)27-21/h11-13,15-16,18-21H,6-10H2,1-5H3/t11-,12+,13-,15-,16-,18-,19-,20+,21-,22-/m0/s1. The molecular formula is C22H34O5. The van der Waals surface area contributed by atoms with Gasteiger partial charge < -0.3 is 14.2 Å². The van der Waals surface area contributed by atoms with Gasteiger partial charge in [-0.25, -0.2) is 0 Å². The lowest BCUT2D eigenvalue weighted by Gasteiger charge is -2.46. The molecule has 0 amide bonds. The van der Waals surface area contributed by atoms with Gasteiger partial charge in [0.15, 0.2) is 5.78 Å². The van der Waals surface area contributed by atoms with Crippen molar-refractivity contribution in [2.24, 2.45) is 35.5 Å². The number of Topliss-reactive ketones (excluding diaryl/α,β-unsaturated/α-hetero) is 1. The van der Waals surface area contributed by atoms with Gasteiger partial charge in [-0.05, 0) is 49.9 Å². The average Bonchev–Trinajstić information content (AvgIpc) is 2.95. The van der Waals surface area contributed by atoms with Crippen molar-refractivity contribution in [1.29, 1.82) is 0 Å². The zero-order chi connectivity index (χ0) is 19.5. The van der Waals surface area contributed by atoms with Crippen LogP contribution in [0.5, 0.6) is 0 Å². The zero-order valence-electron chi connectivity index (χ0n) is 17.3. The first-order valence-electron chi connectivity index (χ1n) is 10.7. The number of ether oxygens (including phenoxy) is 3. The largest absolute Gasteiger partial charge is 0.462 e. The Morgan fingerprint density at radius 3 is 2.59 bits per heavy atom. The number of carbonyl (C=O) groups is 2. The minimum absolute atomic E-state index is 0.0312. The predicted molar refractivity (Wildman–Crippen MR) is 100 cm³/mol. The molecule has 3 aliphatic heterocycles. The Balaban J connectivity index is 1.81. The van der Waals surface area contributed by atoms with Gasteiger partial charge in [0.2, 0.25) is 0 Å². The molecule has 0 radical (unpaired) electrons. The summed E-state index contributed by atoms with van der Waals surface area (Å²) in [6.07, 6.45) is 3.02. The number of esters is 1. The highest BCUT2D eigenvalue weighted by atomic mass is 16.6. The summed E-state index contributed by atoms with van der Waals surface area (Å²) in [5.41, 5.74) is -0.883. The summed E-state index contributed by atoms with van der Waals surface area (Å²) in [6.45, 7) is 10.7. The second-order valence-corrected chi connectivity index (χ2v) is 9.90. The van der Waals surface area contributed by atoms with Crippen LogP contribution in [0.15, 0.2) is 0 Å². The van der Waals surface area contributed by atoms with E-state index in [9.17, 15) is 9.59 Å². The normalized spacial score (nSPS) is 52.3. The highest BCUT2D eigenvalue weighted by molar-refractivity contribution is 5.88. The van der Waals surface area contributed by atoms with Crippen LogP contribution in [0.3, 0.4) is 0 Å². The minimum atomic E-state index is -0.883. The molecule has 4 aliphatic rings. The Morgan fingerprint density at radius 1 is 1.15 bits per heavy atom. The van der Waals surface area contributed by atoms with Crippen molar-refractivity contribution < 1.29 is 23.8 Å². The van der Waals surface area contributed by atoms with Gasteiger partial charge in [0.25, 0.3) is 0 Å². The SMILES string of the molecule is CC(=O)O[C@H]1[C@@H]2[C@@H]3[C@@H](C[C@H]1C)[C@@H](C)CO[C@@]1(C)C(=O)CC[C@H](C)C[C@@H]2O[C@@H]31. The molecule has 1 aliphatic carbocycles. The summed E-state index contributed by atoms with van der Waals surface area (Å²) in [5.74, 6) is 1.85. The average molecular weight is 379 g/mol. The fourth-order valence-corrected chi connectivity index (χ4v) is 6.46. The van der Waals surface area contributed by atoms with E-state index in [2.05, 4.69) is 20.8 Å². The molecule has 5 heteroatoms. The second-order valence-electron chi connectivity index (χ2n) is 9.90. The van der Waals surface area contributed by atoms with Crippen LogP contribution in [0, 0.1) is 35.5 Å². The third-order valence-electron chi connectivity index (χ3n) is 7.90. The molecule has 5 nitrogen and oxygen atoms in total. The molecule has 0 aromatic carbocycles. The van der Waals surface area contributed by atoms with Crippen molar-refractivity contribution in [3.8, 4) is 0 Å². The fourth-order valence-electron chi connectivity index (χ4n) is 6.46. The van der Waals surface area contributed by atoms with Crippen LogP contribution in [0.25, 0.3) is 0 Å². The number of hydrogen-bond acceptors (Lipinski definition) is 5. The molecule has 0 aromatic rings. The quantitative estimate of drug-likeness (QED) is 0.655. The van der Waals surface area contributed by atoms with Crippen LogP contribution in [0.4, 0.5) is 0 Å². The first kappa shape index (κ1) is 19.4. The van der Waals surface area contributed by atoms with Crippen LogP contribution in [-0.2, 0) is 23.8 Å². The maximum Gasteiger partial charge on any atom is 0.302 e. The molecule has 3 saturated heterocycles. The maximum atomic E-state index is 13.2. The smallest absolute Gasteiger partial charge is 0.302 e. The molecule has 0 aromatic heterocycles. The van der Waals surface area contributed by atoms with E-state index >= 15 is 0 Å². The van der Waals surface area contributed by atoms with Crippen molar-refractivity contribution in [3.63, 3.8) is 0 Å². The number of carbonyl (C=O) groups excluding carboxylic acids is 2. The van der Waals surface area contributed by atoms with E-state index in [1.165, 1.54) is 6.92 Å². The molecular weight excluding hydrogens is 344 g/mol. The molecule has 10 atom stereocenters. The second kappa shape index (κ2) is 6.84. The molecule has 1 saturated carbocycles. The molecule has 4 fully saturated rings. The summed E-state index contributed by atoms with van der Waals surface area (Å²) < 4.78 is 18.9. The molecule has 27 heavy (non-hydrogen) atoms. The van der Waals surface area contributed by atoms with Crippen LogP contribution in [-0.4, -0.2) is 42.3 Å². The van der Waals surface area contributed by atoms with Gasteiger partial charge in [-0.15, -0.1) is 0 Å². The summed E-state index contributed by atoms with van der Waals surface area (Å²) in [4.78, 5) is 25.1. The first-order chi connectivity index (χ1) is 12.7. The molecule has 0 N–H and O–H groups in total. The highest BCUT2D eigenvalue weighted by Gasteiger charge is 2.64. The van der Waals surface area contributed by atoms with Crippen molar-refractivity contribution in [2.45, 2.75) is 84.2 Å². The monoisotopic (exact) mass is 378 g/mol. The fraction of sp³-hybridized carbons (Fsp3) is 0.909. The molecule has 3 heterocycles. The molecule has 152 valence electrons. The van der Waals surface area contributed by atoms with E-state index in [0.717, 1.165) is 19.3 Å². The Labute approximate surface area is 162 Å². The third-order valence-corrected chi connectivity index (χ3v) is 7.90. The third kappa shape index (κ3) is 3.05. The summed E-state index contributed by atoms with van der Waals surface area (Å²) in [7, 11) is 0. The highest BCUT2D eigenvalue weighted by Crippen LogP contribution is 2.57. The van der Waals surface area contributed by atoms with Crippen LogP contribution in [0.2, 0.25) is 0 Å². The molecule has 0 spiro atoms. The van der Waals surface area contributed by atoms with E-state index in [1.54, 1.807) is 0 Å². The van der Waals surface area contributed by atoms with E-state index in [0.29, 0.717) is 36.7 Å². The van der Waals surface area contributed by atoms with Gasteiger partial charge in [0.1, 0.15) is 11.7 Å². The molecule has 0 unspecified atom stereocenters. The predicted octanol–water partition coefficient (Wildman–Crippen LogP) is 3.39. The van der Waals surface area contributed by atoms with Gasteiger partial charge in [-0.2, -0.15) is 0 Å².